The van der Waals surface area contributed by atoms with E-state index in [4.69, 9.17) is 4.74 Å². The lowest BCUT2D eigenvalue weighted by Crippen LogP contribution is -2.25. The monoisotopic (exact) mass is 374 g/mol. The van der Waals surface area contributed by atoms with Gasteiger partial charge in [-0.1, -0.05) is 24.3 Å². The second kappa shape index (κ2) is 9.52. The van der Waals surface area contributed by atoms with Crippen LogP contribution in [-0.4, -0.2) is 7.11 Å². The minimum atomic E-state index is -0.906. The normalized spacial score (nSPS) is 29.5. The predicted octanol–water partition coefficient (Wildman–Crippen LogP) is 7.18. The molecule has 0 bridgehead atoms. The van der Waals surface area contributed by atoms with Gasteiger partial charge in [-0.25, -0.2) is 4.39 Å². The van der Waals surface area contributed by atoms with Crippen molar-refractivity contribution in [1.82, 2.24) is 0 Å². The summed E-state index contributed by atoms with van der Waals surface area (Å²) >= 11 is 0. The van der Waals surface area contributed by atoms with Gasteiger partial charge >= 0.3 is 0 Å². The molecule has 27 heavy (non-hydrogen) atoms. The summed E-state index contributed by atoms with van der Waals surface area (Å²) in [5.41, 5.74) is 0.303. The highest BCUT2D eigenvalue weighted by Crippen LogP contribution is 2.42. The average Bonchev–Trinajstić information content (AvgIpc) is 2.70. The van der Waals surface area contributed by atoms with Crippen molar-refractivity contribution in [1.29, 1.82) is 0 Å². The molecule has 0 N–H and O–H groups in total. The highest BCUT2D eigenvalue weighted by Gasteiger charge is 2.29. The summed E-state index contributed by atoms with van der Waals surface area (Å²) in [5, 5.41) is 0. The number of ether oxygens (including phenoxy) is 1. The molecule has 0 saturated heterocycles. The lowest BCUT2D eigenvalue weighted by atomic mass is 9.69. The Labute approximate surface area is 162 Å². The van der Waals surface area contributed by atoms with Crippen molar-refractivity contribution in [2.75, 3.05) is 7.11 Å². The molecule has 0 atom stereocenters. The van der Waals surface area contributed by atoms with E-state index in [0.29, 0.717) is 11.5 Å². The molecule has 148 valence electrons. The van der Waals surface area contributed by atoms with Crippen LogP contribution in [0.15, 0.2) is 30.4 Å². The van der Waals surface area contributed by atoms with E-state index in [9.17, 15) is 8.78 Å². The van der Waals surface area contributed by atoms with Crippen molar-refractivity contribution in [3.8, 4) is 5.75 Å². The fourth-order valence-corrected chi connectivity index (χ4v) is 4.96. The van der Waals surface area contributed by atoms with Gasteiger partial charge in [0.25, 0.3) is 0 Å². The van der Waals surface area contributed by atoms with Crippen LogP contribution in [0.2, 0.25) is 0 Å². The second-order valence-corrected chi connectivity index (χ2v) is 8.22. The van der Waals surface area contributed by atoms with E-state index in [1.807, 2.05) is 0 Å². The van der Waals surface area contributed by atoms with E-state index >= 15 is 0 Å². The van der Waals surface area contributed by atoms with Crippen molar-refractivity contribution in [3.05, 3.63) is 47.6 Å². The summed E-state index contributed by atoms with van der Waals surface area (Å²) in [6, 6.07) is 3.07. The summed E-state index contributed by atoms with van der Waals surface area (Å²) in [4.78, 5) is 0. The molecule has 0 aliphatic heterocycles. The van der Waals surface area contributed by atoms with Gasteiger partial charge in [0.05, 0.1) is 7.11 Å². The fourth-order valence-electron chi connectivity index (χ4n) is 4.96. The number of methoxy groups -OCH3 is 1. The van der Waals surface area contributed by atoms with Gasteiger partial charge in [0, 0.05) is 5.56 Å². The molecule has 2 aliphatic rings. The lowest BCUT2D eigenvalue weighted by Gasteiger charge is -2.36. The van der Waals surface area contributed by atoms with E-state index in [1.54, 1.807) is 12.1 Å². The van der Waals surface area contributed by atoms with Crippen LogP contribution in [-0.2, 0) is 0 Å². The molecule has 0 amide bonds. The third-order valence-electron chi connectivity index (χ3n) is 6.61. The Morgan fingerprint density at radius 2 is 1.37 bits per heavy atom. The first kappa shape index (κ1) is 20.1. The van der Waals surface area contributed by atoms with Crippen LogP contribution in [0, 0.1) is 35.3 Å². The summed E-state index contributed by atoms with van der Waals surface area (Å²) in [5.74, 6) is 1.25. The van der Waals surface area contributed by atoms with Gasteiger partial charge in [-0.05, 0) is 94.1 Å². The zero-order valence-corrected chi connectivity index (χ0v) is 16.6. The van der Waals surface area contributed by atoms with Crippen molar-refractivity contribution < 1.29 is 13.5 Å². The molecule has 0 unspecified atom stereocenters. The fraction of sp³-hybridized carbons (Fsp3) is 0.583. The predicted molar refractivity (Wildman–Crippen MR) is 108 cm³/mol. The Hall–Kier alpha value is -1.64. The molecule has 0 aromatic heterocycles. The third kappa shape index (κ3) is 5.00. The molecule has 3 rings (SSSR count). The topological polar surface area (TPSA) is 9.23 Å². The molecule has 0 radical (unpaired) electrons. The highest BCUT2D eigenvalue weighted by atomic mass is 19.2. The molecule has 2 fully saturated rings. The Balaban J connectivity index is 1.50. The average molecular weight is 375 g/mol. The van der Waals surface area contributed by atoms with E-state index in [0.717, 1.165) is 30.6 Å². The van der Waals surface area contributed by atoms with Gasteiger partial charge in [-0.2, -0.15) is 4.39 Å². The van der Waals surface area contributed by atoms with E-state index < -0.39 is 11.6 Å². The van der Waals surface area contributed by atoms with Gasteiger partial charge in [-0.3, -0.25) is 0 Å². The van der Waals surface area contributed by atoms with Gasteiger partial charge in [0.2, 0.25) is 5.82 Å². The molecule has 1 nitrogen and oxygen atoms in total. The zero-order chi connectivity index (χ0) is 19.2. The van der Waals surface area contributed by atoms with E-state index in [-0.39, 0.29) is 5.75 Å². The highest BCUT2D eigenvalue weighted by molar-refractivity contribution is 5.52. The summed E-state index contributed by atoms with van der Waals surface area (Å²) in [6.45, 7) is 2.12. The van der Waals surface area contributed by atoms with Gasteiger partial charge in [-0.15, -0.1) is 0 Å². The van der Waals surface area contributed by atoms with Crippen LogP contribution in [0.25, 0.3) is 6.08 Å². The molecule has 1 aromatic rings. The zero-order valence-electron chi connectivity index (χ0n) is 16.6. The van der Waals surface area contributed by atoms with Gasteiger partial charge < -0.3 is 4.74 Å². The number of benzene rings is 1. The molecule has 3 heteroatoms. The molecule has 2 aliphatic carbocycles. The number of hydrogen-bond acceptors (Lipinski definition) is 1. The van der Waals surface area contributed by atoms with Crippen LogP contribution in [0.3, 0.4) is 0 Å². The summed E-state index contributed by atoms with van der Waals surface area (Å²) in [7, 11) is 1.35. The van der Waals surface area contributed by atoms with Crippen molar-refractivity contribution >= 4 is 6.08 Å². The minimum absolute atomic E-state index is 0.0469. The second-order valence-electron chi connectivity index (χ2n) is 8.22. The van der Waals surface area contributed by atoms with Crippen LogP contribution < -0.4 is 4.74 Å². The first-order valence-electron chi connectivity index (χ1n) is 10.4. The Bertz CT molecular complexity index is 663. The van der Waals surface area contributed by atoms with Gasteiger partial charge in [0.15, 0.2) is 11.6 Å². The quantitative estimate of drug-likeness (QED) is 0.496. The minimum Gasteiger partial charge on any atom is -0.494 e. The maximum Gasteiger partial charge on any atom is 0.201 e. The van der Waals surface area contributed by atoms with E-state index in [2.05, 4.69) is 25.2 Å². The van der Waals surface area contributed by atoms with Crippen LogP contribution in [0.1, 0.15) is 63.9 Å². The number of allylic oxidation sites excluding steroid dienone is 3. The van der Waals surface area contributed by atoms with Crippen molar-refractivity contribution in [2.24, 2.45) is 23.7 Å². The SMILES string of the molecule is CC=CC1CCC(C2CCC(/C=C/c3ccc(OC)c(F)c3F)CC2)CC1. The van der Waals surface area contributed by atoms with Crippen LogP contribution in [0.4, 0.5) is 8.78 Å². The smallest absolute Gasteiger partial charge is 0.201 e. The summed E-state index contributed by atoms with van der Waals surface area (Å²) < 4.78 is 32.7. The number of halogens is 2. The molecular weight excluding hydrogens is 342 g/mol. The first-order chi connectivity index (χ1) is 13.1. The maximum absolute atomic E-state index is 14.1. The Morgan fingerprint density at radius 3 is 1.89 bits per heavy atom. The third-order valence-corrected chi connectivity index (χ3v) is 6.61. The molecule has 1 aromatic carbocycles. The number of rotatable bonds is 5. The largest absolute Gasteiger partial charge is 0.494 e. The molecule has 0 spiro atoms. The maximum atomic E-state index is 14.1. The van der Waals surface area contributed by atoms with Gasteiger partial charge in [0.1, 0.15) is 0 Å². The lowest BCUT2D eigenvalue weighted by molar-refractivity contribution is 0.166. The standard InChI is InChI=1S/C24H32F2O/c1-3-4-17-5-10-19(11-6-17)20-12-7-18(8-13-20)9-14-21-15-16-22(27-2)24(26)23(21)25/h3-4,9,14-20H,5-8,10-13H2,1-2H3/b4-3?,14-9+. The van der Waals surface area contributed by atoms with E-state index in [1.165, 1.54) is 51.7 Å². The Kier molecular flexibility index (Phi) is 7.09. The molecule has 2 saturated carbocycles. The molecule has 0 heterocycles. The number of hydrogen-bond donors (Lipinski definition) is 0. The van der Waals surface area contributed by atoms with Crippen molar-refractivity contribution in [2.45, 2.75) is 58.3 Å². The van der Waals surface area contributed by atoms with Crippen LogP contribution >= 0.6 is 0 Å². The van der Waals surface area contributed by atoms with Crippen LogP contribution in [0.5, 0.6) is 5.75 Å². The molecular formula is C24H32F2O. The first-order valence-corrected chi connectivity index (χ1v) is 10.4. The Morgan fingerprint density at radius 1 is 0.815 bits per heavy atom. The van der Waals surface area contributed by atoms with Crippen molar-refractivity contribution in [3.63, 3.8) is 0 Å². The summed E-state index contributed by atoms with van der Waals surface area (Å²) in [6.07, 6.45) is 18.7.